The number of hydrogen-bond acceptors (Lipinski definition) is 7. The van der Waals surface area contributed by atoms with Crippen LogP contribution in [0.1, 0.15) is 39.1 Å². The van der Waals surface area contributed by atoms with Gasteiger partial charge in [-0.1, -0.05) is 6.92 Å². The smallest absolute Gasteiger partial charge is 0.410 e. The van der Waals surface area contributed by atoms with Gasteiger partial charge in [0.25, 0.3) is 0 Å². The minimum atomic E-state index is -3.47. The Morgan fingerprint density at radius 3 is 2.52 bits per heavy atom. The van der Waals surface area contributed by atoms with Crippen LogP contribution in [0.3, 0.4) is 0 Å². The van der Waals surface area contributed by atoms with E-state index in [1.807, 2.05) is 0 Å². The van der Waals surface area contributed by atoms with Crippen LogP contribution < -0.4 is 4.74 Å². The second-order valence-electron chi connectivity index (χ2n) is 8.41. The largest absolute Gasteiger partial charge is 0.483 e. The number of pyridine rings is 1. The van der Waals surface area contributed by atoms with Crippen molar-refractivity contribution < 1.29 is 27.1 Å². The van der Waals surface area contributed by atoms with E-state index in [-0.39, 0.29) is 35.3 Å². The third-order valence-corrected chi connectivity index (χ3v) is 6.71. The van der Waals surface area contributed by atoms with Crippen LogP contribution in [0.4, 0.5) is 9.18 Å². The zero-order chi connectivity index (χ0) is 23.1. The molecule has 3 rings (SSSR count). The molecule has 2 aromatic heterocycles. The third-order valence-electron chi connectivity index (χ3n) is 4.73. The van der Waals surface area contributed by atoms with Gasteiger partial charge >= 0.3 is 6.09 Å². The molecule has 2 aromatic rings. The summed E-state index contributed by atoms with van der Waals surface area (Å²) in [4.78, 5) is 17.7. The molecule has 1 fully saturated rings. The summed E-state index contributed by atoms with van der Waals surface area (Å²) < 4.78 is 51.4. The van der Waals surface area contributed by atoms with Crippen molar-refractivity contribution in [1.29, 1.82) is 0 Å². The van der Waals surface area contributed by atoms with E-state index in [2.05, 4.69) is 10.1 Å². The molecular formula is C20H27FN4O5S. The summed E-state index contributed by atoms with van der Waals surface area (Å²) in [5, 5.41) is 4.28. The van der Waals surface area contributed by atoms with E-state index in [1.54, 1.807) is 41.5 Å². The Morgan fingerprint density at radius 2 is 1.94 bits per heavy atom. The van der Waals surface area contributed by atoms with Crippen LogP contribution in [0.2, 0.25) is 0 Å². The number of carbonyl (C=O) groups is 1. The molecule has 0 aliphatic carbocycles. The first-order valence-corrected chi connectivity index (χ1v) is 11.6. The lowest BCUT2D eigenvalue weighted by Gasteiger charge is -2.39. The van der Waals surface area contributed by atoms with Gasteiger partial charge in [0.2, 0.25) is 0 Å². The first-order chi connectivity index (χ1) is 14.3. The van der Waals surface area contributed by atoms with Crippen molar-refractivity contribution in [2.75, 3.05) is 18.8 Å². The number of likely N-dealkylation sites (tertiary alicyclic amines) is 1. The van der Waals surface area contributed by atoms with Gasteiger partial charge in [0.05, 0.1) is 36.4 Å². The molecular weight excluding hydrogens is 427 g/mol. The summed E-state index contributed by atoms with van der Waals surface area (Å²) in [6.07, 6.45) is 0.156. The zero-order valence-corrected chi connectivity index (χ0v) is 19.3. The highest BCUT2D eigenvalue weighted by atomic mass is 32.2. The van der Waals surface area contributed by atoms with Crippen LogP contribution in [0.15, 0.2) is 17.2 Å². The quantitative estimate of drug-likeness (QED) is 0.684. The maximum Gasteiger partial charge on any atom is 0.410 e. The summed E-state index contributed by atoms with van der Waals surface area (Å²) >= 11 is 0. The summed E-state index contributed by atoms with van der Waals surface area (Å²) in [6, 6.07) is 1.37. The van der Waals surface area contributed by atoms with E-state index in [4.69, 9.17) is 9.47 Å². The van der Waals surface area contributed by atoms with Crippen molar-refractivity contribution in [3.63, 3.8) is 0 Å². The van der Waals surface area contributed by atoms with Crippen molar-refractivity contribution in [3.05, 3.63) is 29.5 Å². The lowest BCUT2D eigenvalue weighted by Crippen LogP contribution is -2.57. The van der Waals surface area contributed by atoms with Crippen LogP contribution in [0.5, 0.6) is 5.75 Å². The molecule has 0 radical (unpaired) electrons. The number of rotatable bonds is 5. The Kier molecular flexibility index (Phi) is 6.01. The molecule has 0 bridgehead atoms. The second kappa shape index (κ2) is 8.10. The van der Waals surface area contributed by atoms with Crippen LogP contribution in [-0.2, 0) is 14.6 Å². The normalized spacial score (nSPS) is 15.0. The maximum absolute atomic E-state index is 14.3. The SMILES string of the molecule is CCS(=O)(=O)c1c(C)nn(-c2cc(OC3CN(C(=O)OC(C)(C)C)C3)c(F)cn2)c1C. The standard InChI is InChI=1S/C20H27FN4O5S/c1-7-31(27,28)18-12(2)23-25(13(18)3)17-8-16(15(21)9-22-17)29-14-10-24(11-14)19(26)30-20(4,5)6/h8-9,14H,7,10-11H2,1-6H3. The molecule has 0 N–H and O–H groups in total. The number of ether oxygens (including phenoxy) is 2. The molecule has 0 saturated carbocycles. The molecule has 9 nitrogen and oxygen atoms in total. The Hall–Kier alpha value is -2.69. The third kappa shape index (κ3) is 4.81. The van der Waals surface area contributed by atoms with Gasteiger partial charge < -0.3 is 14.4 Å². The van der Waals surface area contributed by atoms with Gasteiger partial charge in [0.1, 0.15) is 16.6 Å². The Balaban J connectivity index is 1.77. The monoisotopic (exact) mass is 454 g/mol. The predicted molar refractivity (Wildman–Crippen MR) is 111 cm³/mol. The lowest BCUT2D eigenvalue weighted by molar-refractivity contribution is -0.0229. The minimum absolute atomic E-state index is 0.0497. The number of sulfone groups is 1. The van der Waals surface area contributed by atoms with Gasteiger partial charge in [0, 0.05) is 6.07 Å². The molecule has 31 heavy (non-hydrogen) atoms. The number of carbonyl (C=O) groups excluding carboxylic acids is 1. The number of halogens is 1. The molecule has 0 atom stereocenters. The molecule has 1 saturated heterocycles. The first-order valence-electron chi connectivity index (χ1n) is 9.92. The molecule has 0 spiro atoms. The predicted octanol–water partition coefficient (Wildman–Crippen LogP) is 2.81. The highest BCUT2D eigenvalue weighted by Crippen LogP contribution is 2.27. The van der Waals surface area contributed by atoms with Crippen molar-refractivity contribution in [3.8, 4) is 11.6 Å². The highest BCUT2D eigenvalue weighted by Gasteiger charge is 2.35. The summed E-state index contributed by atoms with van der Waals surface area (Å²) in [5.74, 6) is -0.534. The Labute approximate surface area is 181 Å². The fourth-order valence-electron chi connectivity index (χ4n) is 3.23. The average Bonchev–Trinajstić information content (AvgIpc) is 2.92. The number of aromatic nitrogens is 3. The van der Waals surface area contributed by atoms with Crippen LogP contribution in [0, 0.1) is 19.7 Å². The van der Waals surface area contributed by atoms with Gasteiger partial charge in [-0.15, -0.1) is 0 Å². The number of aryl methyl sites for hydroxylation is 1. The number of hydrogen-bond donors (Lipinski definition) is 0. The van der Waals surface area contributed by atoms with E-state index in [9.17, 15) is 17.6 Å². The average molecular weight is 455 g/mol. The van der Waals surface area contributed by atoms with Gasteiger partial charge in [-0.25, -0.2) is 27.3 Å². The minimum Gasteiger partial charge on any atom is -0.483 e. The van der Waals surface area contributed by atoms with Crippen LogP contribution in [-0.4, -0.2) is 64.7 Å². The molecule has 1 aliphatic heterocycles. The van der Waals surface area contributed by atoms with E-state index in [0.29, 0.717) is 11.4 Å². The second-order valence-corrected chi connectivity index (χ2v) is 10.6. The van der Waals surface area contributed by atoms with Gasteiger partial charge in [-0.05, 0) is 34.6 Å². The van der Waals surface area contributed by atoms with Crippen molar-refractivity contribution in [2.45, 2.75) is 58.1 Å². The fraction of sp³-hybridized carbons (Fsp3) is 0.550. The molecule has 11 heteroatoms. The van der Waals surface area contributed by atoms with Gasteiger partial charge in [-0.3, -0.25) is 0 Å². The molecule has 170 valence electrons. The van der Waals surface area contributed by atoms with Crippen molar-refractivity contribution >= 4 is 15.9 Å². The van der Waals surface area contributed by atoms with Crippen LogP contribution in [0.25, 0.3) is 5.82 Å². The summed E-state index contributed by atoms with van der Waals surface area (Å²) in [7, 11) is -3.47. The molecule has 0 aromatic carbocycles. The maximum atomic E-state index is 14.3. The van der Waals surface area contributed by atoms with E-state index in [0.717, 1.165) is 6.20 Å². The molecule has 1 aliphatic rings. The summed E-state index contributed by atoms with van der Waals surface area (Å²) in [5.41, 5.74) is 0.142. The topological polar surface area (TPSA) is 104 Å². The number of nitrogens with zero attached hydrogens (tertiary/aromatic N) is 4. The van der Waals surface area contributed by atoms with Gasteiger partial charge in [0.15, 0.2) is 27.2 Å². The van der Waals surface area contributed by atoms with Crippen molar-refractivity contribution in [1.82, 2.24) is 19.7 Å². The number of amides is 1. The fourth-order valence-corrected chi connectivity index (χ4v) is 4.55. The van der Waals surface area contributed by atoms with Crippen molar-refractivity contribution in [2.24, 2.45) is 0 Å². The molecule has 1 amide bonds. The Bertz CT molecular complexity index is 1100. The molecule has 0 unspecified atom stereocenters. The van der Waals surface area contributed by atoms with E-state index >= 15 is 0 Å². The summed E-state index contributed by atoms with van der Waals surface area (Å²) in [6.45, 7) is 10.7. The highest BCUT2D eigenvalue weighted by molar-refractivity contribution is 7.91. The van der Waals surface area contributed by atoms with Crippen LogP contribution >= 0.6 is 0 Å². The van der Waals surface area contributed by atoms with E-state index < -0.39 is 33.5 Å². The Morgan fingerprint density at radius 1 is 1.29 bits per heavy atom. The first kappa shape index (κ1) is 23.0. The van der Waals surface area contributed by atoms with Gasteiger partial charge in [-0.2, -0.15) is 5.10 Å². The molecule has 3 heterocycles. The lowest BCUT2D eigenvalue weighted by atomic mass is 10.1. The van der Waals surface area contributed by atoms with E-state index in [1.165, 1.54) is 15.6 Å². The zero-order valence-electron chi connectivity index (χ0n) is 18.5.